The highest BCUT2D eigenvalue weighted by molar-refractivity contribution is 5.94. The molecule has 2 heterocycles. The molecule has 4 fully saturated rings. The average Bonchev–Trinajstić information content (AvgIpc) is 3.01. The van der Waals surface area contributed by atoms with E-state index < -0.39 is 0 Å². The normalized spacial score (nSPS) is 24.3. The molecule has 1 spiro atoms. The molecule has 5 rings (SSSR count). The third kappa shape index (κ3) is 4.15. The van der Waals surface area contributed by atoms with Crippen molar-refractivity contribution in [3.8, 4) is 6.07 Å². The molecule has 6 heteroatoms. The Kier molecular flexibility index (Phi) is 5.94. The molecule has 4 aliphatic rings. The summed E-state index contributed by atoms with van der Waals surface area (Å²) in [6.07, 6.45) is 9.07. The van der Waals surface area contributed by atoms with E-state index in [-0.39, 0.29) is 17.2 Å². The lowest BCUT2D eigenvalue weighted by Crippen LogP contribution is -2.53. The van der Waals surface area contributed by atoms with E-state index in [9.17, 15) is 9.59 Å². The van der Waals surface area contributed by atoms with Gasteiger partial charge in [0, 0.05) is 56.8 Å². The van der Waals surface area contributed by atoms with E-state index in [0.717, 1.165) is 77.4 Å². The number of rotatable bonds is 3. The van der Waals surface area contributed by atoms with Crippen molar-refractivity contribution >= 4 is 11.8 Å². The first-order valence-electron chi connectivity index (χ1n) is 12.4. The van der Waals surface area contributed by atoms with Crippen LogP contribution in [0, 0.1) is 22.7 Å². The molecular weight excluding hydrogens is 400 g/mol. The summed E-state index contributed by atoms with van der Waals surface area (Å²) in [5.41, 5.74) is 1.36. The van der Waals surface area contributed by atoms with Gasteiger partial charge in [-0.05, 0) is 68.6 Å². The summed E-state index contributed by atoms with van der Waals surface area (Å²) < 4.78 is 0. The molecule has 2 amide bonds. The van der Waals surface area contributed by atoms with Crippen LogP contribution in [-0.4, -0.2) is 71.8 Å². The number of carbonyl (C=O) groups is 2. The van der Waals surface area contributed by atoms with Crippen LogP contribution in [0.5, 0.6) is 0 Å². The Balaban J connectivity index is 1.10. The van der Waals surface area contributed by atoms with Crippen LogP contribution in [0.15, 0.2) is 24.3 Å². The average molecular weight is 435 g/mol. The second-order valence-electron chi connectivity index (χ2n) is 10.4. The molecule has 1 aromatic rings. The van der Waals surface area contributed by atoms with Crippen LogP contribution in [0.25, 0.3) is 0 Å². The summed E-state index contributed by atoms with van der Waals surface area (Å²) in [6, 6.07) is 9.84. The number of likely N-dealkylation sites (tertiary alicyclic amines) is 1. The molecule has 1 aromatic carbocycles. The van der Waals surface area contributed by atoms with Gasteiger partial charge in [-0.3, -0.25) is 14.5 Å². The van der Waals surface area contributed by atoms with E-state index in [2.05, 4.69) is 15.9 Å². The maximum Gasteiger partial charge on any atom is 0.253 e. The fraction of sp³-hybridized carbons (Fsp3) is 0.654. The Labute approximate surface area is 191 Å². The van der Waals surface area contributed by atoms with Crippen molar-refractivity contribution in [2.24, 2.45) is 11.3 Å². The zero-order valence-electron chi connectivity index (χ0n) is 19.0. The van der Waals surface area contributed by atoms with Crippen LogP contribution in [0.4, 0.5) is 0 Å². The van der Waals surface area contributed by atoms with Crippen LogP contribution in [-0.2, 0) is 4.79 Å². The zero-order valence-corrected chi connectivity index (χ0v) is 19.0. The first-order chi connectivity index (χ1) is 15.6. The predicted molar refractivity (Wildman–Crippen MR) is 122 cm³/mol. The second kappa shape index (κ2) is 8.86. The van der Waals surface area contributed by atoms with Crippen molar-refractivity contribution in [3.05, 3.63) is 35.4 Å². The molecule has 6 nitrogen and oxygen atoms in total. The van der Waals surface area contributed by atoms with Crippen molar-refractivity contribution in [2.75, 3.05) is 39.3 Å². The molecule has 2 saturated heterocycles. The standard InChI is InChI=1S/C26H34N4O2/c27-19-20-4-1-5-21(16-20)24(31)30-12-8-26(9-13-30)17-22(18-26)25(32)29-11-3-10-28(14-15-29)23-6-2-7-23/h1,4-5,16,22-23H,2-3,6-15,17-18H2. The van der Waals surface area contributed by atoms with Crippen molar-refractivity contribution in [1.29, 1.82) is 5.26 Å². The number of nitriles is 1. The lowest BCUT2D eigenvalue weighted by atomic mass is 9.57. The summed E-state index contributed by atoms with van der Waals surface area (Å²) in [5.74, 6) is 0.571. The van der Waals surface area contributed by atoms with Crippen molar-refractivity contribution in [2.45, 2.75) is 57.4 Å². The molecule has 170 valence electrons. The van der Waals surface area contributed by atoms with Crippen molar-refractivity contribution in [3.63, 3.8) is 0 Å². The van der Waals surface area contributed by atoms with Gasteiger partial charge in [0.25, 0.3) is 5.91 Å². The van der Waals surface area contributed by atoms with E-state index in [1.54, 1.807) is 24.3 Å². The lowest BCUT2D eigenvalue weighted by Gasteiger charge is -2.52. The van der Waals surface area contributed by atoms with E-state index in [0.29, 0.717) is 17.0 Å². The van der Waals surface area contributed by atoms with E-state index in [4.69, 9.17) is 5.26 Å². The highest BCUT2D eigenvalue weighted by atomic mass is 16.2. The molecule has 2 saturated carbocycles. The highest BCUT2D eigenvalue weighted by Crippen LogP contribution is 2.53. The van der Waals surface area contributed by atoms with Gasteiger partial charge < -0.3 is 9.80 Å². The van der Waals surface area contributed by atoms with Crippen molar-refractivity contribution in [1.82, 2.24) is 14.7 Å². The molecule has 0 radical (unpaired) electrons. The summed E-state index contributed by atoms with van der Waals surface area (Å²) in [5, 5.41) is 9.08. The summed E-state index contributed by atoms with van der Waals surface area (Å²) >= 11 is 0. The Morgan fingerprint density at radius 2 is 1.72 bits per heavy atom. The first kappa shape index (κ1) is 21.5. The van der Waals surface area contributed by atoms with Crippen LogP contribution in [0.2, 0.25) is 0 Å². The fourth-order valence-corrected chi connectivity index (χ4v) is 6.19. The van der Waals surface area contributed by atoms with Gasteiger partial charge in [-0.2, -0.15) is 5.26 Å². The monoisotopic (exact) mass is 434 g/mol. The van der Waals surface area contributed by atoms with Gasteiger partial charge in [0.05, 0.1) is 11.6 Å². The molecule has 0 N–H and O–H groups in total. The minimum absolute atomic E-state index is 0.0180. The zero-order chi connectivity index (χ0) is 22.1. The largest absolute Gasteiger partial charge is 0.341 e. The van der Waals surface area contributed by atoms with Gasteiger partial charge in [0.2, 0.25) is 5.91 Å². The number of amides is 2. The highest BCUT2D eigenvalue weighted by Gasteiger charge is 2.49. The predicted octanol–water partition coefficient (Wildman–Crippen LogP) is 3.28. The van der Waals surface area contributed by atoms with Gasteiger partial charge in [-0.15, -0.1) is 0 Å². The quantitative estimate of drug-likeness (QED) is 0.732. The summed E-state index contributed by atoms with van der Waals surface area (Å²) in [4.78, 5) is 32.7. The first-order valence-corrected chi connectivity index (χ1v) is 12.4. The Morgan fingerprint density at radius 1 is 0.938 bits per heavy atom. The van der Waals surface area contributed by atoms with Crippen LogP contribution in [0.3, 0.4) is 0 Å². The van der Waals surface area contributed by atoms with Crippen molar-refractivity contribution < 1.29 is 9.59 Å². The second-order valence-corrected chi connectivity index (χ2v) is 10.4. The summed E-state index contributed by atoms with van der Waals surface area (Å²) in [6.45, 7) is 5.48. The molecule has 2 aliphatic heterocycles. The van der Waals surface area contributed by atoms with Gasteiger partial charge in [-0.1, -0.05) is 12.5 Å². The molecule has 0 aromatic heterocycles. The van der Waals surface area contributed by atoms with Gasteiger partial charge in [0.15, 0.2) is 0 Å². The third-order valence-electron chi connectivity index (χ3n) is 8.49. The Bertz CT molecular complexity index is 903. The maximum absolute atomic E-state index is 13.2. The molecule has 0 atom stereocenters. The minimum atomic E-state index is 0.0180. The Morgan fingerprint density at radius 3 is 2.41 bits per heavy atom. The van der Waals surface area contributed by atoms with Crippen LogP contribution in [0.1, 0.15) is 67.3 Å². The third-order valence-corrected chi connectivity index (χ3v) is 8.49. The van der Waals surface area contributed by atoms with E-state index in [1.807, 2.05) is 4.90 Å². The number of carbonyl (C=O) groups excluding carboxylic acids is 2. The number of hydrogen-bond donors (Lipinski definition) is 0. The molecule has 32 heavy (non-hydrogen) atoms. The number of piperidine rings is 1. The SMILES string of the molecule is N#Cc1cccc(C(=O)N2CCC3(CC2)CC(C(=O)N2CCCN(C4CCC4)CC2)C3)c1. The van der Waals surface area contributed by atoms with Gasteiger partial charge >= 0.3 is 0 Å². The number of benzene rings is 1. The van der Waals surface area contributed by atoms with Gasteiger partial charge in [0.1, 0.15) is 0 Å². The fourth-order valence-electron chi connectivity index (χ4n) is 6.19. The molecule has 0 unspecified atom stereocenters. The van der Waals surface area contributed by atoms with E-state index >= 15 is 0 Å². The molecule has 2 aliphatic carbocycles. The maximum atomic E-state index is 13.2. The minimum Gasteiger partial charge on any atom is -0.341 e. The van der Waals surface area contributed by atoms with E-state index in [1.165, 1.54) is 19.3 Å². The van der Waals surface area contributed by atoms with Gasteiger partial charge in [-0.25, -0.2) is 0 Å². The number of nitrogens with zero attached hydrogens (tertiary/aromatic N) is 4. The lowest BCUT2D eigenvalue weighted by molar-refractivity contribution is -0.145. The Hall–Kier alpha value is -2.39. The topological polar surface area (TPSA) is 67.6 Å². The molecular formula is C26H34N4O2. The number of hydrogen-bond acceptors (Lipinski definition) is 4. The summed E-state index contributed by atoms with van der Waals surface area (Å²) in [7, 11) is 0. The molecule has 0 bridgehead atoms. The smallest absolute Gasteiger partial charge is 0.253 e. The van der Waals surface area contributed by atoms with Crippen LogP contribution >= 0.6 is 0 Å². The van der Waals surface area contributed by atoms with Crippen LogP contribution < -0.4 is 0 Å².